The highest BCUT2D eigenvalue weighted by Crippen LogP contribution is 2.31. The summed E-state index contributed by atoms with van der Waals surface area (Å²) in [7, 11) is 0. The highest BCUT2D eigenvalue weighted by atomic mass is 35.5. The molecule has 4 nitrogen and oxygen atoms in total. The van der Waals surface area contributed by atoms with Crippen molar-refractivity contribution in [2.75, 3.05) is 12.8 Å². The number of rotatable bonds is 5. The van der Waals surface area contributed by atoms with Crippen LogP contribution in [0.5, 0.6) is 0 Å². The molecule has 1 aromatic heterocycles. The average molecular weight is 360 g/mol. The molecule has 118 valence electrons. The Labute approximate surface area is 142 Å². The van der Waals surface area contributed by atoms with Crippen LogP contribution in [0.25, 0.3) is 0 Å². The van der Waals surface area contributed by atoms with E-state index in [0.29, 0.717) is 16.3 Å². The molecule has 0 aliphatic rings. The first-order valence-corrected chi connectivity index (χ1v) is 8.41. The average Bonchev–Trinajstić information content (AvgIpc) is 3.00. The molecule has 0 bridgehead atoms. The maximum absolute atomic E-state index is 12.3. The molecule has 0 fully saturated rings. The number of nitrogens with one attached hydrogen (secondary N) is 1. The van der Waals surface area contributed by atoms with E-state index in [1.165, 1.54) is 24.1 Å². The molecule has 2 N–H and O–H groups in total. The molecule has 7 heteroatoms. The number of hydrogen-bond acceptors (Lipinski definition) is 4. The van der Waals surface area contributed by atoms with E-state index < -0.39 is 5.60 Å². The third kappa shape index (κ3) is 3.79. The summed E-state index contributed by atoms with van der Waals surface area (Å²) in [5.41, 5.74) is -0.994. The van der Waals surface area contributed by atoms with Crippen LogP contribution >= 0.6 is 35.0 Å². The van der Waals surface area contributed by atoms with Crippen LogP contribution in [0, 0.1) is 0 Å². The Bertz CT molecular complexity index is 672. The van der Waals surface area contributed by atoms with E-state index in [0.717, 1.165) is 4.90 Å². The van der Waals surface area contributed by atoms with Gasteiger partial charge in [0.1, 0.15) is 11.4 Å². The second-order valence-corrected chi connectivity index (χ2v) is 6.56. The summed E-state index contributed by atoms with van der Waals surface area (Å²) >= 11 is 13.5. The Balaban J connectivity index is 2.13. The maximum atomic E-state index is 12.3. The van der Waals surface area contributed by atoms with Gasteiger partial charge in [-0.15, -0.1) is 11.8 Å². The third-order valence-corrected chi connectivity index (χ3v) is 4.65. The van der Waals surface area contributed by atoms with Crippen molar-refractivity contribution in [3.63, 3.8) is 0 Å². The van der Waals surface area contributed by atoms with Crippen LogP contribution in [0.4, 0.5) is 0 Å². The summed E-state index contributed by atoms with van der Waals surface area (Å²) in [4.78, 5) is 13.0. The number of furan rings is 1. The SMILES string of the molecule is CSc1cc(C(=O)NC[C@](C)(O)c2ccco2)c(Cl)cc1Cl. The van der Waals surface area contributed by atoms with Gasteiger partial charge in [-0.25, -0.2) is 0 Å². The predicted octanol–water partition coefficient (Wildman–Crippen LogP) is 3.95. The molecular formula is C15H15Cl2NO3S. The Morgan fingerprint density at radius 3 is 2.73 bits per heavy atom. The predicted molar refractivity (Wildman–Crippen MR) is 88.9 cm³/mol. The van der Waals surface area contributed by atoms with E-state index in [2.05, 4.69) is 5.32 Å². The van der Waals surface area contributed by atoms with Crippen molar-refractivity contribution < 1.29 is 14.3 Å². The van der Waals surface area contributed by atoms with Crippen LogP contribution in [0.1, 0.15) is 23.0 Å². The van der Waals surface area contributed by atoms with Gasteiger partial charge in [-0.1, -0.05) is 23.2 Å². The van der Waals surface area contributed by atoms with Crippen LogP contribution < -0.4 is 5.32 Å². The van der Waals surface area contributed by atoms with Gasteiger partial charge in [-0.2, -0.15) is 0 Å². The highest BCUT2D eigenvalue weighted by Gasteiger charge is 2.27. The molecule has 2 rings (SSSR count). The smallest absolute Gasteiger partial charge is 0.252 e. The van der Waals surface area contributed by atoms with E-state index in [1.807, 2.05) is 6.26 Å². The van der Waals surface area contributed by atoms with Gasteiger partial charge in [0.05, 0.1) is 28.4 Å². The molecule has 0 saturated carbocycles. The topological polar surface area (TPSA) is 62.5 Å². The summed E-state index contributed by atoms with van der Waals surface area (Å²) in [5.74, 6) is -0.0106. The Morgan fingerprint density at radius 1 is 1.41 bits per heavy atom. The Kier molecular flexibility index (Phi) is 5.45. The van der Waals surface area contributed by atoms with Crippen LogP contribution in [0.3, 0.4) is 0 Å². The van der Waals surface area contributed by atoms with Gasteiger partial charge >= 0.3 is 0 Å². The second kappa shape index (κ2) is 6.96. The first-order valence-electron chi connectivity index (χ1n) is 6.43. The number of halogens is 2. The van der Waals surface area contributed by atoms with Gasteiger partial charge < -0.3 is 14.8 Å². The van der Waals surface area contributed by atoms with Crippen molar-refractivity contribution in [3.05, 3.63) is 51.9 Å². The van der Waals surface area contributed by atoms with Crippen LogP contribution in [0.2, 0.25) is 10.0 Å². The van der Waals surface area contributed by atoms with Crippen molar-refractivity contribution in [1.29, 1.82) is 0 Å². The fraction of sp³-hybridized carbons (Fsp3) is 0.267. The van der Waals surface area contributed by atoms with E-state index in [9.17, 15) is 9.90 Å². The van der Waals surface area contributed by atoms with Crippen molar-refractivity contribution in [3.8, 4) is 0 Å². The van der Waals surface area contributed by atoms with E-state index in [1.54, 1.807) is 25.1 Å². The van der Waals surface area contributed by atoms with Gasteiger partial charge in [0.25, 0.3) is 5.91 Å². The van der Waals surface area contributed by atoms with Gasteiger partial charge in [-0.3, -0.25) is 4.79 Å². The zero-order chi connectivity index (χ0) is 16.3. The Morgan fingerprint density at radius 2 is 2.14 bits per heavy atom. The van der Waals surface area contributed by atoms with E-state index in [4.69, 9.17) is 27.6 Å². The maximum Gasteiger partial charge on any atom is 0.252 e. The third-order valence-electron chi connectivity index (χ3n) is 3.13. The minimum Gasteiger partial charge on any atom is -0.466 e. The summed E-state index contributed by atoms with van der Waals surface area (Å²) in [6.45, 7) is 1.55. The number of aliphatic hydroxyl groups is 1. The molecule has 1 aromatic carbocycles. The van der Waals surface area contributed by atoms with Gasteiger partial charge in [0.2, 0.25) is 0 Å². The standard InChI is InChI=1S/C15H15Cl2NO3S/c1-15(20,13-4-3-5-21-13)8-18-14(19)9-6-12(22-2)11(17)7-10(9)16/h3-7,20H,8H2,1-2H3,(H,18,19)/t15-/m0/s1. The summed E-state index contributed by atoms with van der Waals surface area (Å²) in [6, 6.07) is 6.49. The summed E-state index contributed by atoms with van der Waals surface area (Å²) in [6.07, 6.45) is 3.32. The van der Waals surface area contributed by atoms with E-state index >= 15 is 0 Å². The lowest BCUT2D eigenvalue weighted by Crippen LogP contribution is -2.38. The zero-order valence-corrected chi connectivity index (χ0v) is 14.4. The minimum absolute atomic E-state index is 0.00704. The number of carbonyl (C=O) groups is 1. The molecule has 0 radical (unpaired) electrons. The van der Waals surface area contributed by atoms with Crippen LogP contribution in [-0.2, 0) is 5.60 Å². The number of thioether (sulfide) groups is 1. The highest BCUT2D eigenvalue weighted by molar-refractivity contribution is 7.98. The van der Waals surface area contributed by atoms with Crippen molar-refractivity contribution in [2.45, 2.75) is 17.4 Å². The number of hydrogen-bond donors (Lipinski definition) is 2. The molecule has 1 atom stereocenters. The lowest BCUT2D eigenvalue weighted by atomic mass is 10.0. The van der Waals surface area contributed by atoms with Crippen LogP contribution in [-0.4, -0.2) is 23.8 Å². The molecule has 0 unspecified atom stereocenters. The quantitative estimate of drug-likeness (QED) is 0.793. The molecule has 0 spiro atoms. The van der Waals surface area contributed by atoms with Gasteiger partial charge in [0.15, 0.2) is 0 Å². The van der Waals surface area contributed by atoms with Crippen LogP contribution in [0.15, 0.2) is 39.8 Å². The van der Waals surface area contributed by atoms with Crippen molar-refractivity contribution in [1.82, 2.24) is 5.32 Å². The van der Waals surface area contributed by atoms with Crippen molar-refractivity contribution >= 4 is 40.9 Å². The molecule has 22 heavy (non-hydrogen) atoms. The summed E-state index contributed by atoms with van der Waals surface area (Å²) < 4.78 is 5.16. The molecule has 1 heterocycles. The molecule has 1 amide bonds. The lowest BCUT2D eigenvalue weighted by Gasteiger charge is -2.21. The summed E-state index contributed by atoms with van der Waals surface area (Å²) in [5, 5.41) is 13.7. The Hall–Kier alpha value is -1.14. The van der Waals surface area contributed by atoms with Gasteiger partial charge in [-0.05, 0) is 37.4 Å². The fourth-order valence-corrected chi connectivity index (χ4v) is 3.07. The number of benzene rings is 1. The molecule has 2 aromatic rings. The molecular weight excluding hydrogens is 345 g/mol. The second-order valence-electron chi connectivity index (χ2n) is 4.90. The van der Waals surface area contributed by atoms with Gasteiger partial charge in [0, 0.05) is 4.90 Å². The number of amides is 1. The van der Waals surface area contributed by atoms with E-state index in [-0.39, 0.29) is 17.5 Å². The van der Waals surface area contributed by atoms with Crippen molar-refractivity contribution in [2.24, 2.45) is 0 Å². The monoisotopic (exact) mass is 359 g/mol. The molecule has 0 aliphatic carbocycles. The normalized spacial score (nSPS) is 13.7. The molecule has 0 saturated heterocycles. The molecule has 0 aliphatic heterocycles. The minimum atomic E-state index is -1.31. The number of carbonyl (C=O) groups excluding carboxylic acids is 1. The lowest BCUT2D eigenvalue weighted by molar-refractivity contribution is 0.0330. The zero-order valence-electron chi connectivity index (χ0n) is 12.0. The fourth-order valence-electron chi connectivity index (χ4n) is 1.88. The first kappa shape index (κ1) is 17.2. The largest absolute Gasteiger partial charge is 0.466 e. The first-order chi connectivity index (χ1) is 10.3.